The van der Waals surface area contributed by atoms with E-state index in [0.29, 0.717) is 11.5 Å². The van der Waals surface area contributed by atoms with Gasteiger partial charge in [0, 0.05) is 5.92 Å². The number of nitrogens with zero attached hydrogens (tertiary/aromatic N) is 2. The first kappa shape index (κ1) is 9.64. The molecule has 13 heavy (non-hydrogen) atoms. The second kappa shape index (κ2) is 3.98. The summed E-state index contributed by atoms with van der Waals surface area (Å²) >= 11 is 0. The maximum absolute atomic E-state index is 11.2. The molecule has 0 fully saturated rings. The molecule has 1 heterocycles. The average Bonchev–Trinajstić information content (AvgIpc) is 2.08. The summed E-state index contributed by atoms with van der Waals surface area (Å²) in [6, 6.07) is 0. The van der Waals surface area contributed by atoms with E-state index in [1.807, 2.05) is 13.8 Å². The highest BCUT2D eigenvalue weighted by Crippen LogP contribution is 2.04. The van der Waals surface area contributed by atoms with Gasteiger partial charge in [-0.15, -0.1) is 0 Å². The minimum Gasteiger partial charge on any atom is -0.323 e. The molecule has 0 bridgehead atoms. The van der Waals surface area contributed by atoms with Gasteiger partial charge in [0.05, 0.1) is 18.1 Å². The van der Waals surface area contributed by atoms with Crippen molar-refractivity contribution < 1.29 is 4.79 Å². The number of carbonyl (C=O) groups excluding carboxylic acids is 1. The van der Waals surface area contributed by atoms with Crippen LogP contribution in [0.25, 0.3) is 0 Å². The smallest absolute Gasteiger partial charge is 0.227 e. The normalized spacial score (nSPS) is 10.2. The molecule has 0 aliphatic carbocycles. The third-order valence-corrected chi connectivity index (χ3v) is 1.57. The predicted octanol–water partition coefficient (Wildman–Crippen LogP) is 1.38. The van der Waals surface area contributed by atoms with Gasteiger partial charge >= 0.3 is 0 Å². The van der Waals surface area contributed by atoms with Crippen LogP contribution in [0.3, 0.4) is 0 Å². The van der Waals surface area contributed by atoms with E-state index >= 15 is 0 Å². The summed E-state index contributed by atoms with van der Waals surface area (Å²) in [6.45, 7) is 5.48. The highest BCUT2D eigenvalue weighted by Gasteiger charge is 2.06. The lowest BCUT2D eigenvalue weighted by molar-refractivity contribution is -0.118. The van der Waals surface area contributed by atoms with Crippen LogP contribution in [0.4, 0.5) is 5.69 Å². The van der Waals surface area contributed by atoms with E-state index < -0.39 is 0 Å². The Bertz CT molecular complexity index is 292. The molecule has 4 nitrogen and oxygen atoms in total. The van der Waals surface area contributed by atoms with Gasteiger partial charge in [-0.2, -0.15) is 0 Å². The summed E-state index contributed by atoms with van der Waals surface area (Å²) in [7, 11) is 0. The molecular formula is C9H13N3O. The van der Waals surface area contributed by atoms with Crippen LogP contribution in [0, 0.1) is 12.8 Å². The molecule has 4 heteroatoms. The Morgan fingerprint density at radius 2 is 1.92 bits per heavy atom. The van der Waals surface area contributed by atoms with E-state index in [2.05, 4.69) is 15.3 Å². The number of anilines is 1. The Hall–Kier alpha value is -1.45. The molecule has 1 aromatic heterocycles. The van der Waals surface area contributed by atoms with Crippen LogP contribution in [0.2, 0.25) is 0 Å². The SMILES string of the molecule is Cc1ncc(NC(=O)C(C)C)cn1. The van der Waals surface area contributed by atoms with Crippen molar-refractivity contribution in [2.75, 3.05) is 5.32 Å². The predicted molar refractivity (Wildman–Crippen MR) is 50.2 cm³/mol. The van der Waals surface area contributed by atoms with Crippen molar-refractivity contribution in [3.8, 4) is 0 Å². The molecule has 0 aliphatic rings. The molecule has 1 rings (SSSR count). The number of rotatable bonds is 2. The Balaban J connectivity index is 2.65. The fourth-order valence-corrected chi connectivity index (χ4v) is 0.744. The Morgan fingerprint density at radius 3 is 2.38 bits per heavy atom. The monoisotopic (exact) mass is 179 g/mol. The van der Waals surface area contributed by atoms with E-state index in [-0.39, 0.29) is 11.8 Å². The first-order valence-electron chi connectivity index (χ1n) is 4.19. The molecule has 0 spiro atoms. The van der Waals surface area contributed by atoms with Gasteiger partial charge < -0.3 is 5.32 Å². The van der Waals surface area contributed by atoms with Crippen LogP contribution in [0.15, 0.2) is 12.4 Å². The number of aryl methyl sites for hydroxylation is 1. The van der Waals surface area contributed by atoms with Gasteiger partial charge in [0.25, 0.3) is 0 Å². The second-order valence-electron chi connectivity index (χ2n) is 3.16. The first-order valence-corrected chi connectivity index (χ1v) is 4.19. The number of hydrogen-bond donors (Lipinski definition) is 1. The lowest BCUT2D eigenvalue weighted by atomic mass is 10.2. The maximum Gasteiger partial charge on any atom is 0.227 e. The number of carbonyl (C=O) groups is 1. The van der Waals surface area contributed by atoms with Gasteiger partial charge in [0.2, 0.25) is 5.91 Å². The highest BCUT2D eigenvalue weighted by atomic mass is 16.1. The van der Waals surface area contributed by atoms with Crippen LogP contribution < -0.4 is 5.32 Å². The van der Waals surface area contributed by atoms with Crippen molar-refractivity contribution in [2.45, 2.75) is 20.8 Å². The third kappa shape index (κ3) is 2.82. The van der Waals surface area contributed by atoms with Crippen molar-refractivity contribution in [2.24, 2.45) is 5.92 Å². The summed E-state index contributed by atoms with van der Waals surface area (Å²) in [5.74, 6) is 0.649. The van der Waals surface area contributed by atoms with E-state index in [1.54, 1.807) is 19.3 Å². The fraction of sp³-hybridized carbons (Fsp3) is 0.444. The van der Waals surface area contributed by atoms with Crippen LogP contribution in [0.1, 0.15) is 19.7 Å². The van der Waals surface area contributed by atoms with Crippen LogP contribution in [-0.2, 0) is 4.79 Å². The molecule has 0 radical (unpaired) electrons. The standard InChI is InChI=1S/C9H13N3O/c1-6(2)9(13)12-8-4-10-7(3)11-5-8/h4-6H,1-3H3,(H,12,13). The van der Waals surface area contributed by atoms with Gasteiger partial charge in [-0.25, -0.2) is 9.97 Å². The van der Waals surface area contributed by atoms with Crippen molar-refractivity contribution in [1.29, 1.82) is 0 Å². The van der Waals surface area contributed by atoms with Crippen molar-refractivity contribution in [3.63, 3.8) is 0 Å². The summed E-state index contributed by atoms with van der Waals surface area (Å²) in [5.41, 5.74) is 0.643. The molecule has 0 aliphatic heterocycles. The molecular weight excluding hydrogens is 166 g/mol. The number of amides is 1. The lowest BCUT2D eigenvalue weighted by Crippen LogP contribution is -2.17. The fourth-order valence-electron chi connectivity index (χ4n) is 0.744. The number of hydrogen-bond acceptors (Lipinski definition) is 3. The Labute approximate surface area is 77.4 Å². The molecule has 1 amide bonds. The van der Waals surface area contributed by atoms with Gasteiger partial charge in [0.15, 0.2) is 0 Å². The Morgan fingerprint density at radius 1 is 1.38 bits per heavy atom. The van der Waals surface area contributed by atoms with Crippen molar-refractivity contribution in [1.82, 2.24) is 9.97 Å². The van der Waals surface area contributed by atoms with Crippen LogP contribution >= 0.6 is 0 Å². The highest BCUT2D eigenvalue weighted by molar-refractivity contribution is 5.91. The van der Waals surface area contributed by atoms with Crippen molar-refractivity contribution in [3.05, 3.63) is 18.2 Å². The first-order chi connectivity index (χ1) is 6.09. The lowest BCUT2D eigenvalue weighted by Gasteiger charge is -2.06. The average molecular weight is 179 g/mol. The molecule has 70 valence electrons. The minimum atomic E-state index is -0.0266. The summed E-state index contributed by atoms with van der Waals surface area (Å²) in [6.07, 6.45) is 3.20. The van der Waals surface area contributed by atoms with Gasteiger partial charge in [-0.05, 0) is 6.92 Å². The molecule has 1 aromatic rings. The van der Waals surface area contributed by atoms with Crippen LogP contribution in [-0.4, -0.2) is 15.9 Å². The van der Waals surface area contributed by atoms with Gasteiger partial charge in [0.1, 0.15) is 5.82 Å². The van der Waals surface area contributed by atoms with E-state index in [9.17, 15) is 4.79 Å². The topological polar surface area (TPSA) is 54.9 Å². The van der Waals surface area contributed by atoms with Gasteiger partial charge in [-0.3, -0.25) is 4.79 Å². The summed E-state index contributed by atoms with van der Waals surface area (Å²) in [5, 5.41) is 2.70. The molecule has 0 saturated heterocycles. The quantitative estimate of drug-likeness (QED) is 0.746. The zero-order valence-electron chi connectivity index (χ0n) is 8.03. The molecule has 0 aromatic carbocycles. The summed E-state index contributed by atoms with van der Waals surface area (Å²) in [4.78, 5) is 19.2. The number of nitrogens with one attached hydrogen (secondary N) is 1. The molecule has 0 saturated carbocycles. The zero-order valence-corrected chi connectivity index (χ0v) is 8.03. The second-order valence-corrected chi connectivity index (χ2v) is 3.16. The maximum atomic E-state index is 11.2. The van der Waals surface area contributed by atoms with Crippen LogP contribution in [0.5, 0.6) is 0 Å². The van der Waals surface area contributed by atoms with E-state index in [1.165, 1.54) is 0 Å². The molecule has 0 atom stereocenters. The largest absolute Gasteiger partial charge is 0.323 e. The molecule has 0 unspecified atom stereocenters. The Kier molecular flexibility index (Phi) is 2.95. The summed E-state index contributed by atoms with van der Waals surface area (Å²) < 4.78 is 0. The number of aromatic nitrogens is 2. The van der Waals surface area contributed by atoms with Gasteiger partial charge in [-0.1, -0.05) is 13.8 Å². The van der Waals surface area contributed by atoms with E-state index in [4.69, 9.17) is 0 Å². The third-order valence-electron chi connectivity index (χ3n) is 1.57. The van der Waals surface area contributed by atoms with E-state index in [0.717, 1.165) is 0 Å². The minimum absolute atomic E-state index is 0.0209. The molecule has 1 N–H and O–H groups in total. The van der Waals surface area contributed by atoms with Crippen molar-refractivity contribution >= 4 is 11.6 Å². The zero-order chi connectivity index (χ0) is 9.84.